The number of esters is 1. The maximum absolute atomic E-state index is 12.4. The molecule has 0 unspecified atom stereocenters. The molecule has 0 fully saturated rings. The van der Waals surface area contributed by atoms with Gasteiger partial charge in [-0.05, 0) is 42.3 Å². The van der Waals surface area contributed by atoms with Crippen molar-refractivity contribution >= 4 is 50.2 Å². The van der Waals surface area contributed by atoms with E-state index in [1.165, 1.54) is 20.2 Å². The van der Waals surface area contributed by atoms with Gasteiger partial charge in [-0.3, -0.25) is 4.79 Å². The predicted molar refractivity (Wildman–Crippen MR) is 121 cm³/mol. The zero-order valence-electron chi connectivity index (χ0n) is 17.4. The van der Waals surface area contributed by atoms with Gasteiger partial charge >= 0.3 is 5.97 Å². The lowest BCUT2D eigenvalue weighted by molar-refractivity contribution is -0.144. The van der Waals surface area contributed by atoms with Gasteiger partial charge < -0.3 is 9.30 Å². The van der Waals surface area contributed by atoms with E-state index in [4.69, 9.17) is 27.9 Å². The zero-order valence-corrected chi connectivity index (χ0v) is 19.8. The summed E-state index contributed by atoms with van der Waals surface area (Å²) in [5.41, 5.74) is 1.94. The van der Waals surface area contributed by atoms with Crippen molar-refractivity contribution in [3.8, 4) is 0 Å². The van der Waals surface area contributed by atoms with Gasteiger partial charge in [0.05, 0.1) is 22.3 Å². The molecule has 1 heterocycles. The first-order chi connectivity index (χ1) is 14.6. The van der Waals surface area contributed by atoms with E-state index in [9.17, 15) is 13.2 Å². The monoisotopic (exact) mass is 483 g/mol. The molecule has 0 N–H and O–H groups in total. The Kier molecular flexibility index (Phi) is 7.26. The average molecular weight is 484 g/mol. The molecule has 0 atom stereocenters. The molecule has 0 spiro atoms. The van der Waals surface area contributed by atoms with Gasteiger partial charge in [0, 0.05) is 30.7 Å². The SMILES string of the molecule is CCCn1c(COC(=O)Cc2ccc(Cl)cc2Cl)nc2cc(S(=O)(=O)N(C)C)ccc21. The minimum atomic E-state index is -3.57. The van der Waals surface area contributed by atoms with Crippen molar-refractivity contribution in [1.29, 1.82) is 0 Å². The minimum absolute atomic E-state index is 0.00916. The van der Waals surface area contributed by atoms with Crippen LogP contribution in [0.15, 0.2) is 41.3 Å². The van der Waals surface area contributed by atoms with Crippen molar-refractivity contribution < 1.29 is 17.9 Å². The lowest BCUT2D eigenvalue weighted by Gasteiger charge is -2.11. The molecule has 0 saturated heterocycles. The van der Waals surface area contributed by atoms with Crippen molar-refractivity contribution in [3.05, 3.63) is 57.8 Å². The quantitative estimate of drug-likeness (QED) is 0.446. The van der Waals surface area contributed by atoms with E-state index in [1.54, 1.807) is 30.3 Å². The van der Waals surface area contributed by atoms with E-state index in [0.717, 1.165) is 16.2 Å². The van der Waals surface area contributed by atoms with E-state index in [-0.39, 0.29) is 17.9 Å². The van der Waals surface area contributed by atoms with Crippen molar-refractivity contribution in [2.75, 3.05) is 14.1 Å². The van der Waals surface area contributed by atoms with Crippen LogP contribution in [0.5, 0.6) is 0 Å². The van der Waals surface area contributed by atoms with Crippen LogP contribution in [0.2, 0.25) is 10.0 Å². The Hall–Kier alpha value is -2.13. The Balaban J connectivity index is 1.83. The van der Waals surface area contributed by atoms with Crippen LogP contribution in [0.1, 0.15) is 24.7 Å². The molecular formula is C21H23Cl2N3O4S. The first-order valence-electron chi connectivity index (χ1n) is 9.64. The Morgan fingerprint density at radius 3 is 2.55 bits per heavy atom. The largest absolute Gasteiger partial charge is 0.457 e. The van der Waals surface area contributed by atoms with Gasteiger partial charge in [0.25, 0.3) is 0 Å². The summed E-state index contributed by atoms with van der Waals surface area (Å²) in [6.07, 6.45) is 0.847. The van der Waals surface area contributed by atoms with Crippen molar-refractivity contribution in [1.82, 2.24) is 13.9 Å². The molecule has 0 radical (unpaired) electrons. The van der Waals surface area contributed by atoms with Crippen LogP contribution in [0, 0.1) is 0 Å². The van der Waals surface area contributed by atoms with Gasteiger partial charge in [-0.1, -0.05) is 36.2 Å². The number of carbonyl (C=O) groups is 1. The number of aromatic nitrogens is 2. The second-order valence-electron chi connectivity index (χ2n) is 7.19. The number of halogens is 2. The Morgan fingerprint density at radius 2 is 1.90 bits per heavy atom. The molecule has 10 heteroatoms. The second-order valence-corrected chi connectivity index (χ2v) is 10.2. The van der Waals surface area contributed by atoms with Crippen molar-refractivity contribution in [2.45, 2.75) is 37.8 Å². The van der Waals surface area contributed by atoms with Crippen LogP contribution < -0.4 is 0 Å². The number of nitrogens with zero attached hydrogens (tertiary/aromatic N) is 3. The number of fused-ring (bicyclic) bond motifs is 1. The molecule has 0 saturated carbocycles. The van der Waals surface area contributed by atoms with Crippen LogP contribution in [0.3, 0.4) is 0 Å². The number of sulfonamides is 1. The molecule has 2 aromatic carbocycles. The summed E-state index contributed by atoms with van der Waals surface area (Å²) in [7, 11) is -0.617. The normalized spacial score (nSPS) is 11.9. The number of imidazole rings is 1. The maximum Gasteiger partial charge on any atom is 0.310 e. The molecule has 3 rings (SSSR count). The van der Waals surface area contributed by atoms with E-state index >= 15 is 0 Å². The number of hydrogen-bond donors (Lipinski definition) is 0. The van der Waals surface area contributed by atoms with Crippen LogP contribution in [-0.2, 0) is 39.1 Å². The standard InChI is InChI=1S/C21H23Cl2N3O4S/c1-4-9-26-19-8-7-16(31(28,29)25(2)3)12-18(19)24-20(26)13-30-21(27)10-14-5-6-15(22)11-17(14)23/h5-8,11-12H,4,9-10,13H2,1-3H3. The molecule has 0 aliphatic rings. The van der Waals surface area contributed by atoms with Crippen LogP contribution in [0.25, 0.3) is 11.0 Å². The molecule has 0 aliphatic heterocycles. The maximum atomic E-state index is 12.4. The molecule has 7 nitrogen and oxygen atoms in total. The Morgan fingerprint density at radius 1 is 1.16 bits per heavy atom. The molecule has 0 aliphatic carbocycles. The molecular weight excluding hydrogens is 461 g/mol. The van der Waals surface area contributed by atoms with Crippen LogP contribution >= 0.6 is 23.2 Å². The minimum Gasteiger partial charge on any atom is -0.457 e. The molecule has 0 bridgehead atoms. The van der Waals surface area contributed by atoms with Gasteiger partial charge in [0.1, 0.15) is 12.4 Å². The van der Waals surface area contributed by atoms with E-state index in [2.05, 4.69) is 4.98 Å². The number of rotatable bonds is 8. The van der Waals surface area contributed by atoms with Crippen LogP contribution in [0.4, 0.5) is 0 Å². The van der Waals surface area contributed by atoms with E-state index in [0.29, 0.717) is 33.5 Å². The summed E-state index contributed by atoms with van der Waals surface area (Å²) < 4.78 is 33.4. The zero-order chi connectivity index (χ0) is 22.8. The lowest BCUT2D eigenvalue weighted by atomic mass is 10.1. The molecule has 0 amide bonds. The third-order valence-electron chi connectivity index (χ3n) is 4.74. The lowest BCUT2D eigenvalue weighted by Crippen LogP contribution is -2.22. The number of benzene rings is 2. The smallest absolute Gasteiger partial charge is 0.310 e. The summed E-state index contributed by atoms with van der Waals surface area (Å²) in [4.78, 5) is 17.0. The Labute approximate surface area is 191 Å². The topological polar surface area (TPSA) is 81.5 Å². The fourth-order valence-electron chi connectivity index (χ4n) is 3.13. The summed E-state index contributed by atoms with van der Waals surface area (Å²) in [5, 5.41) is 0.892. The van der Waals surface area contributed by atoms with Gasteiger partial charge in [-0.2, -0.15) is 0 Å². The third kappa shape index (κ3) is 5.20. The second kappa shape index (κ2) is 9.56. The van der Waals surface area contributed by atoms with Gasteiger partial charge in [-0.25, -0.2) is 17.7 Å². The molecule has 1 aromatic heterocycles. The fraction of sp³-hybridized carbons (Fsp3) is 0.333. The molecule has 3 aromatic rings. The average Bonchev–Trinajstić information content (AvgIpc) is 3.05. The number of aryl methyl sites for hydroxylation is 1. The Bertz CT molecular complexity index is 1220. The first kappa shape index (κ1) is 23.5. The van der Waals surface area contributed by atoms with Gasteiger partial charge in [0.2, 0.25) is 10.0 Å². The highest BCUT2D eigenvalue weighted by molar-refractivity contribution is 7.89. The highest BCUT2D eigenvalue weighted by Crippen LogP contribution is 2.24. The van der Waals surface area contributed by atoms with Crippen LogP contribution in [-0.4, -0.2) is 42.3 Å². The van der Waals surface area contributed by atoms with E-state index < -0.39 is 16.0 Å². The van der Waals surface area contributed by atoms with Crippen molar-refractivity contribution in [2.24, 2.45) is 0 Å². The summed E-state index contributed by atoms with van der Waals surface area (Å²) in [6.45, 7) is 2.65. The van der Waals surface area contributed by atoms with E-state index in [1.807, 2.05) is 11.5 Å². The summed E-state index contributed by atoms with van der Waals surface area (Å²) in [5.74, 6) is 0.0991. The fourth-order valence-corrected chi connectivity index (χ4v) is 4.53. The highest BCUT2D eigenvalue weighted by Gasteiger charge is 2.20. The third-order valence-corrected chi connectivity index (χ3v) is 7.13. The number of carbonyl (C=O) groups excluding carboxylic acids is 1. The highest BCUT2D eigenvalue weighted by atomic mass is 35.5. The number of hydrogen-bond acceptors (Lipinski definition) is 5. The summed E-state index contributed by atoms with van der Waals surface area (Å²) in [6, 6.07) is 9.75. The molecule has 166 valence electrons. The predicted octanol–water partition coefficient (Wildman–Crippen LogP) is 4.29. The van der Waals surface area contributed by atoms with Crippen molar-refractivity contribution in [3.63, 3.8) is 0 Å². The number of ether oxygens (including phenoxy) is 1. The summed E-state index contributed by atoms with van der Waals surface area (Å²) >= 11 is 12.0. The van der Waals surface area contributed by atoms with Gasteiger partial charge in [-0.15, -0.1) is 0 Å². The molecule has 31 heavy (non-hydrogen) atoms. The van der Waals surface area contributed by atoms with Gasteiger partial charge in [0.15, 0.2) is 0 Å². The first-order valence-corrected chi connectivity index (χ1v) is 11.8.